The first-order chi connectivity index (χ1) is 14.5. The van der Waals surface area contributed by atoms with Crippen molar-refractivity contribution in [3.05, 3.63) is 57.8 Å². The minimum absolute atomic E-state index is 0.000827. The molecule has 1 fully saturated rings. The lowest BCUT2D eigenvalue weighted by atomic mass is 9.98. The molecule has 0 saturated carbocycles. The Morgan fingerprint density at radius 1 is 1.13 bits per heavy atom. The first-order valence-corrected chi connectivity index (χ1v) is 11.3. The Hall–Kier alpha value is -2.67. The number of nitrogens with one attached hydrogen (secondary N) is 2. The van der Waals surface area contributed by atoms with Gasteiger partial charge in [0.1, 0.15) is 0 Å². The SMILES string of the molecule is Cc1ccc(C(=O)N2CCCC(C(=O)NCc3ccccc3)CCNC(=O)CC2)s1. The summed E-state index contributed by atoms with van der Waals surface area (Å²) in [4.78, 5) is 41.3. The van der Waals surface area contributed by atoms with Crippen LogP contribution >= 0.6 is 11.3 Å². The molecule has 0 spiro atoms. The van der Waals surface area contributed by atoms with E-state index in [9.17, 15) is 14.4 Å². The van der Waals surface area contributed by atoms with Crippen molar-refractivity contribution in [3.8, 4) is 0 Å². The molecule has 1 aromatic carbocycles. The third-order valence-corrected chi connectivity index (χ3v) is 6.31. The molecular formula is C23H29N3O3S. The van der Waals surface area contributed by atoms with Crippen LogP contribution in [-0.4, -0.2) is 42.3 Å². The van der Waals surface area contributed by atoms with Gasteiger partial charge in [-0.15, -0.1) is 11.3 Å². The molecule has 1 saturated heterocycles. The molecule has 2 aromatic rings. The highest BCUT2D eigenvalue weighted by Crippen LogP contribution is 2.19. The fourth-order valence-electron chi connectivity index (χ4n) is 3.60. The van der Waals surface area contributed by atoms with Gasteiger partial charge in [0.05, 0.1) is 4.88 Å². The van der Waals surface area contributed by atoms with Gasteiger partial charge in [-0.3, -0.25) is 14.4 Å². The van der Waals surface area contributed by atoms with E-state index >= 15 is 0 Å². The zero-order chi connectivity index (χ0) is 21.3. The molecule has 1 aliphatic heterocycles. The molecule has 1 atom stereocenters. The lowest BCUT2D eigenvalue weighted by molar-refractivity contribution is -0.126. The minimum atomic E-state index is -0.187. The molecule has 3 amide bonds. The molecule has 2 heterocycles. The number of benzene rings is 1. The lowest BCUT2D eigenvalue weighted by Crippen LogP contribution is -2.35. The number of nitrogens with zero attached hydrogens (tertiary/aromatic N) is 1. The summed E-state index contributed by atoms with van der Waals surface area (Å²) in [6, 6.07) is 13.6. The molecule has 30 heavy (non-hydrogen) atoms. The van der Waals surface area contributed by atoms with Gasteiger partial charge >= 0.3 is 0 Å². The summed E-state index contributed by atoms with van der Waals surface area (Å²) in [6.07, 6.45) is 2.29. The van der Waals surface area contributed by atoms with Gasteiger partial charge in [-0.25, -0.2) is 0 Å². The monoisotopic (exact) mass is 427 g/mol. The summed E-state index contributed by atoms with van der Waals surface area (Å²) >= 11 is 1.47. The van der Waals surface area contributed by atoms with E-state index in [0.717, 1.165) is 16.9 Å². The number of aryl methyl sites for hydroxylation is 1. The molecule has 2 N–H and O–H groups in total. The second-order valence-electron chi connectivity index (χ2n) is 7.63. The third kappa shape index (κ3) is 6.42. The fourth-order valence-corrected chi connectivity index (χ4v) is 4.43. The predicted octanol–water partition coefficient (Wildman–Crippen LogP) is 3.12. The van der Waals surface area contributed by atoms with Gasteiger partial charge in [0.15, 0.2) is 0 Å². The smallest absolute Gasteiger partial charge is 0.263 e. The zero-order valence-corrected chi connectivity index (χ0v) is 18.2. The molecule has 1 aliphatic rings. The molecular weight excluding hydrogens is 398 g/mol. The second kappa shape index (κ2) is 10.9. The van der Waals surface area contributed by atoms with Crippen LogP contribution < -0.4 is 10.6 Å². The van der Waals surface area contributed by atoms with Gasteiger partial charge in [-0.2, -0.15) is 0 Å². The maximum atomic E-state index is 12.9. The van der Waals surface area contributed by atoms with E-state index in [4.69, 9.17) is 0 Å². The molecule has 0 bridgehead atoms. The standard InChI is InChI=1S/C23H29N3O3S/c1-17-9-10-20(30-17)23(29)26-14-5-8-19(11-13-24-21(27)12-15-26)22(28)25-16-18-6-3-2-4-7-18/h2-4,6-7,9-10,19H,5,8,11-16H2,1H3,(H,24,27)(H,25,28). The van der Waals surface area contributed by atoms with Gasteiger partial charge in [0.2, 0.25) is 11.8 Å². The first-order valence-electron chi connectivity index (χ1n) is 10.5. The molecule has 0 radical (unpaired) electrons. The van der Waals surface area contributed by atoms with E-state index < -0.39 is 0 Å². The largest absolute Gasteiger partial charge is 0.356 e. The third-order valence-electron chi connectivity index (χ3n) is 5.32. The molecule has 1 aromatic heterocycles. The Kier molecular flexibility index (Phi) is 8.02. The van der Waals surface area contributed by atoms with Crippen LogP contribution in [0.4, 0.5) is 0 Å². The highest BCUT2D eigenvalue weighted by molar-refractivity contribution is 7.13. The van der Waals surface area contributed by atoms with Crippen LogP contribution in [0, 0.1) is 12.8 Å². The zero-order valence-electron chi connectivity index (χ0n) is 17.4. The van der Waals surface area contributed by atoms with Crippen LogP contribution in [0.2, 0.25) is 0 Å². The summed E-state index contributed by atoms with van der Waals surface area (Å²) in [5.41, 5.74) is 1.05. The number of rotatable bonds is 4. The van der Waals surface area contributed by atoms with E-state index in [2.05, 4.69) is 10.6 Å². The van der Waals surface area contributed by atoms with E-state index in [-0.39, 0.29) is 30.1 Å². The maximum Gasteiger partial charge on any atom is 0.263 e. The van der Waals surface area contributed by atoms with Gasteiger partial charge in [-0.1, -0.05) is 30.3 Å². The molecule has 1 unspecified atom stereocenters. The van der Waals surface area contributed by atoms with Crippen molar-refractivity contribution >= 4 is 29.1 Å². The van der Waals surface area contributed by atoms with Crippen LogP contribution in [0.3, 0.4) is 0 Å². The Labute approximate surface area is 181 Å². The molecule has 0 aliphatic carbocycles. The van der Waals surface area contributed by atoms with Gasteiger partial charge in [0, 0.05) is 43.4 Å². The fraction of sp³-hybridized carbons (Fsp3) is 0.435. The van der Waals surface area contributed by atoms with E-state index in [1.54, 1.807) is 4.90 Å². The number of hydrogen-bond acceptors (Lipinski definition) is 4. The van der Waals surface area contributed by atoms with Crippen molar-refractivity contribution in [2.45, 2.75) is 39.2 Å². The van der Waals surface area contributed by atoms with E-state index in [0.29, 0.717) is 43.9 Å². The number of carbonyl (C=O) groups is 3. The molecule has 6 nitrogen and oxygen atoms in total. The van der Waals surface area contributed by atoms with Crippen LogP contribution in [0.5, 0.6) is 0 Å². The van der Waals surface area contributed by atoms with Crippen molar-refractivity contribution < 1.29 is 14.4 Å². The Morgan fingerprint density at radius 3 is 2.67 bits per heavy atom. The average Bonchev–Trinajstić information content (AvgIpc) is 3.17. The average molecular weight is 428 g/mol. The Bertz CT molecular complexity index is 866. The van der Waals surface area contributed by atoms with Crippen LogP contribution in [0.1, 0.15) is 45.8 Å². The lowest BCUT2D eigenvalue weighted by Gasteiger charge is -2.22. The number of amides is 3. The highest BCUT2D eigenvalue weighted by atomic mass is 32.1. The van der Waals surface area contributed by atoms with E-state index in [1.165, 1.54) is 11.3 Å². The maximum absolute atomic E-state index is 12.9. The molecule has 160 valence electrons. The summed E-state index contributed by atoms with van der Waals surface area (Å²) in [7, 11) is 0. The first kappa shape index (κ1) is 22.0. The van der Waals surface area contributed by atoms with Gasteiger partial charge in [-0.05, 0) is 43.9 Å². The van der Waals surface area contributed by atoms with E-state index in [1.807, 2.05) is 49.4 Å². The summed E-state index contributed by atoms with van der Waals surface area (Å²) in [5, 5.41) is 5.90. The van der Waals surface area contributed by atoms with Crippen molar-refractivity contribution in [2.75, 3.05) is 19.6 Å². The topological polar surface area (TPSA) is 78.5 Å². The second-order valence-corrected chi connectivity index (χ2v) is 8.92. The van der Waals surface area contributed by atoms with Gasteiger partial charge in [0.25, 0.3) is 5.91 Å². The van der Waals surface area contributed by atoms with Crippen molar-refractivity contribution in [1.29, 1.82) is 0 Å². The van der Waals surface area contributed by atoms with Crippen molar-refractivity contribution in [3.63, 3.8) is 0 Å². The summed E-state index contributed by atoms with van der Waals surface area (Å²) in [6.45, 7) is 3.88. The van der Waals surface area contributed by atoms with Crippen molar-refractivity contribution in [2.24, 2.45) is 5.92 Å². The molecule has 3 rings (SSSR count). The summed E-state index contributed by atoms with van der Waals surface area (Å²) < 4.78 is 0. The predicted molar refractivity (Wildman–Crippen MR) is 118 cm³/mol. The molecule has 7 heteroatoms. The number of hydrogen-bond donors (Lipinski definition) is 2. The van der Waals surface area contributed by atoms with Crippen LogP contribution in [0.25, 0.3) is 0 Å². The minimum Gasteiger partial charge on any atom is -0.356 e. The highest BCUT2D eigenvalue weighted by Gasteiger charge is 2.23. The Morgan fingerprint density at radius 2 is 1.93 bits per heavy atom. The van der Waals surface area contributed by atoms with Crippen LogP contribution in [0.15, 0.2) is 42.5 Å². The number of thiophene rings is 1. The Balaban J connectivity index is 1.60. The normalized spacial score (nSPS) is 18.2. The van der Waals surface area contributed by atoms with Crippen LogP contribution in [-0.2, 0) is 16.1 Å². The number of carbonyl (C=O) groups excluding carboxylic acids is 3. The van der Waals surface area contributed by atoms with Gasteiger partial charge < -0.3 is 15.5 Å². The quantitative estimate of drug-likeness (QED) is 0.787. The van der Waals surface area contributed by atoms with Crippen molar-refractivity contribution in [1.82, 2.24) is 15.5 Å². The summed E-state index contributed by atoms with van der Waals surface area (Å²) in [5.74, 6) is -0.308.